The van der Waals surface area contributed by atoms with Crippen LogP contribution in [-0.4, -0.2) is 60.2 Å². The molecule has 3 rings (SSSR count). The van der Waals surface area contributed by atoms with E-state index < -0.39 is 0 Å². The molecule has 0 bridgehead atoms. The third-order valence-corrected chi connectivity index (χ3v) is 4.67. The second-order valence-electron chi connectivity index (χ2n) is 6.28. The van der Waals surface area contributed by atoms with Crippen LogP contribution < -0.4 is 21.9 Å². The number of nitrogens with zero attached hydrogens (tertiary/aromatic N) is 3. The first-order chi connectivity index (χ1) is 13.6. The van der Waals surface area contributed by atoms with Gasteiger partial charge in [0.25, 0.3) is 5.91 Å². The van der Waals surface area contributed by atoms with Crippen molar-refractivity contribution in [3.63, 3.8) is 0 Å². The SMILES string of the molecule is Nc1c(NCCCN2CCOCC2)ncnc1NNC(=O)c1ccccc1Cl. The van der Waals surface area contributed by atoms with Gasteiger partial charge in [-0.05, 0) is 25.1 Å². The Bertz CT molecular complexity index is 799. The maximum atomic E-state index is 12.2. The summed E-state index contributed by atoms with van der Waals surface area (Å²) in [5.74, 6) is 0.446. The van der Waals surface area contributed by atoms with Gasteiger partial charge >= 0.3 is 0 Å². The van der Waals surface area contributed by atoms with E-state index in [1.165, 1.54) is 6.33 Å². The molecule has 1 aliphatic rings. The molecule has 5 N–H and O–H groups in total. The molecule has 1 aromatic carbocycles. The van der Waals surface area contributed by atoms with Gasteiger partial charge in [-0.3, -0.25) is 20.5 Å². The number of aromatic nitrogens is 2. The van der Waals surface area contributed by atoms with Crippen LogP contribution in [0.4, 0.5) is 17.3 Å². The van der Waals surface area contributed by atoms with Gasteiger partial charge in [0, 0.05) is 19.6 Å². The van der Waals surface area contributed by atoms with Crippen molar-refractivity contribution < 1.29 is 9.53 Å². The van der Waals surface area contributed by atoms with Crippen molar-refractivity contribution in [3.05, 3.63) is 41.2 Å². The Kier molecular flexibility index (Phi) is 7.24. The number of rotatable bonds is 8. The highest BCUT2D eigenvalue weighted by Crippen LogP contribution is 2.22. The predicted octanol–water partition coefficient (Wildman–Crippen LogP) is 1.60. The number of carbonyl (C=O) groups is 1. The Balaban J connectivity index is 1.49. The van der Waals surface area contributed by atoms with E-state index in [0.717, 1.165) is 45.8 Å². The molecule has 1 saturated heterocycles. The highest BCUT2D eigenvalue weighted by atomic mass is 35.5. The number of benzene rings is 1. The molecule has 0 aliphatic carbocycles. The molecule has 0 saturated carbocycles. The van der Waals surface area contributed by atoms with Crippen molar-refractivity contribution in [1.82, 2.24) is 20.3 Å². The molecule has 0 unspecified atom stereocenters. The van der Waals surface area contributed by atoms with Crippen molar-refractivity contribution in [1.29, 1.82) is 0 Å². The molecule has 2 aromatic rings. The Morgan fingerprint density at radius 1 is 1.21 bits per heavy atom. The van der Waals surface area contributed by atoms with E-state index in [4.69, 9.17) is 22.1 Å². The van der Waals surface area contributed by atoms with Gasteiger partial charge in [-0.15, -0.1) is 0 Å². The maximum absolute atomic E-state index is 12.2. The molecule has 1 amide bonds. The first kappa shape index (κ1) is 20.1. The summed E-state index contributed by atoms with van der Waals surface area (Å²) in [5.41, 5.74) is 12.1. The largest absolute Gasteiger partial charge is 0.393 e. The number of nitrogens with one attached hydrogen (secondary N) is 3. The molecule has 1 fully saturated rings. The molecular weight excluding hydrogens is 382 g/mol. The minimum atomic E-state index is -0.386. The number of hydrogen-bond acceptors (Lipinski definition) is 8. The lowest BCUT2D eigenvalue weighted by Crippen LogP contribution is -2.37. The van der Waals surface area contributed by atoms with Gasteiger partial charge in [0.05, 0.1) is 23.8 Å². The molecule has 2 heterocycles. The van der Waals surface area contributed by atoms with Crippen LogP contribution in [0.3, 0.4) is 0 Å². The Hall–Kier alpha value is -2.62. The second-order valence-corrected chi connectivity index (χ2v) is 6.69. The van der Waals surface area contributed by atoms with E-state index in [2.05, 4.69) is 31.0 Å². The molecule has 9 nitrogen and oxygen atoms in total. The van der Waals surface area contributed by atoms with E-state index in [0.29, 0.717) is 27.9 Å². The number of halogens is 1. The summed E-state index contributed by atoms with van der Waals surface area (Å²) in [6, 6.07) is 6.77. The maximum Gasteiger partial charge on any atom is 0.271 e. The summed E-state index contributed by atoms with van der Waals surface area (Å²) in [7, 11) is 0. The summed E-state index contributed by atoms with van der Waals surface area (Å²) in [4.78, 5) is 22.8. The third kappa shape index (κ3) is 5.44. The van der Waals surface area contributed by atoms with Gasteiger partial charge in [0.2, 0.25) is 0 Å². The van der Waals surface area contributed by atoms with Crippen LogP contribution in [-0.2, 0) is 4.74 Å². The molecule has 0 spiro atoms. The Morgan fingerprint density at radius 3 is 2.75 bits per heavy atom. The first-order valence-corrected chi connectivity index (χ1v) is 9.48. The van der Waals surface area contributed by atoms with E-state index in [-0.39, 0.29) is 5.91 Å². The highest BCUT2D eigenvalue weighted by Gasteiger charge is 2.13. The van der Waals surface area contributed by atoms with Crippen molar-refractivity contribution in [2.24, 2.45) is 0 Å². The van der Waals surface area contributed by atoms with Crippen LogP contribution in [0.15, 0.2) is 30.6 Å². The van der Waals surface area contributed by atoms with Crippen LogP contribution in [0.1, 0.15) is 16.8 Å². The highest BCUT2D eigenvalue weighted by molar-refractivity contribution is 6.33. The van der Waals surface area contributed by atoms with Crippen molar-refractivity contribution in [2.75, 3.05) is 55.9 Å². The first-order valence-electron chi connectivity index (χ1n) is 9.10. The molecule has 1 aliphatic heterocycles. The zero-order valence-electron chi connectivity index (χ0n) is 15.4. The minimum Gasteiger partial charge on any atom is -0.393 e. The van der Waals surface area contributed by atoms with Gasteiger partial charge in [-0.2, -0.15) is 0 Å². The number of anilines is 3. The molecule has 28 heavy (non-hydrogen) atoms. The molecular formula is C18H24ClN7O2. The molecule has 10 heteroatoms. The average Bonchev–Trinajstić information content (AvgIpc) is 2.72. The second kappa shape index (κ2) is 10.1. The molecule has 0 radical (unpaired) electrons. The lowest BCUT2D eigenvalue weighted by atomic mass is 10.2. The van der Waals surface area contributed by atoms with Crippen LogP contribution >= 0.6 is 11.6 Å². The number of nitrogen functional groups attached to an aromatic ring is 1. The van der Waals surface area contributed by atoms with E-state index in [1.54, 1.807) is 24.3 Å². The van der Waals surface area contributed by atoms with Gasteiger partial charge in [0.1, 0.15) is 12.0 Å². The molecule has 1 aromatic heterocycles. The minimum absolute atomic E-state index is 0.311. The number of hydrazine groups is 1. The molecule has 0 atom stereocenters. The van der Waals surface area contributed by atoms with E-state index in [9.17, 15) is 4.79 Å². The lowest BCUT2D eigenvalue weighted by molar-refractivity contribution is 0.0378. The van der Waals surface area contributed by atoms with Crippen LogP contribution in [0.25, 0.3) is 0 Å². The number of ether oxygens (including phenoxy) is 1. The number of amides is 1. The topological polar surface area (TPSA) is 117 Å². The number of carbonyl (C=O) groups excluding carboxylic acids is 1. The van der Waals surface area contributed by atoms with Crippen LogP contribution in [0.2, 0.25) is 5.02 Å². The van der Waals surface area contributed by atoms with Crippen molar-refractivity contribution in [3.8, 4) is 0 Å². The fourth-order valence-electron chi connectivity index (χ4n) is 2.80. The van der Waals surface area contributed by atoms with Gasteiger partial charge in [-0.25, -0.2) is 9.97 Å². The van der Waals surface area contributed by atoms with Crippen molar-refractivity contribution >= 4 is 34.8 Å². The molecule has 150 valence electrons. The van der Waals surface area contributed by atoms with Gasteiger partial charge < -0.3 is 15.8 Å². The standard InChI is InChI=1S/C18H24ClN7O2/c19-14-5-2-1-4-13(14)18(27)25-24-17-15(20)16(22-12-23-17)21-6-3-7-26-8-10-28-11-9-26/h1-2,4-5,12H,3,6-11,20H2,(H,25,27)(H2,21,22,23,24). The van der Waals surface area contributed by atoms with Crippen molar-refractivity contribution in [2.45, 2.75) is 6.42 Å². The summed E-state index contributed by atoms with van der Waals surface area (Å²) in [6.45, 7) is 5.23. The lowest BCUT2D eigenvalue weighted by Gasteiger charge is -2.26. The summed E-state index contributed by atoms with van der Waals surface area (Å²) >= 11 is 6.03. The quantitative estimate of drug-likeness (QED) is 0.386. The van der Waals surface area contributed by atoms with Gasteiger partial charge in [-0.1, -0.05) is 23.7 Å². The predicted molar refractivity (Wildman–Crippen MR) is 109 cm³/mol. The average molecular weight is 406 g/mol. The van der Waals surface area contributed by atoms with E-state index >= 15 is 0 Å². The Labute approximate surface area is 168 Å². The monoisotopic (exact) mass is 405 g/mol. The number of morpholine rings is 1. The van der Waals surface area contributed by atoms with Crippen LogP contribution in [0.5, 0.6) is 0 Å². The summed E-state index contributed by atoms with van der Waals surface area (Å²) in [6.07, 6.45) is 2.33. The smallest absolute Gasteiger partial charge is 0.271 e. The number of hydrogen-bond donors (Lipinski definition) is 4. The van der Waals surface area contributed by atoms with Crippen LogP contribution in [0, 0.1) is 0 Å². The number of nitrogens with two attached hydrogens (primary N) is 1. The zero-order valence-corrected chi connectivity index (χ0v) is 16.2. The third-order valence-electron chi connectivity index (χ3n) is 4.34. The fraction of sp³-hybridized carbons (Fsp3) is 0.389. The van der Waals surface area contributed by atoms with Gasteiger partial charge in [0.15, 0.2) is 11.6 Å². The fourth-order valence-corrected chi connectivity index (χ4v) is 3.02. The normalized spacial score (nSPS) is 14.5. The zero-order chi connectivity index (χ0) is 19.8. The Morgan fingerprint density at radius 2 is 1.96 bits per heavy atom. The summed E-state index contributed by atoms with van der Waals surface area (Å²) in [5, 5.41) is 3.57. The van der Waals surface area contributed by atoms with E-state index in [1.807, 2.05) is 0 Å². The summed E-state index contributed by atoms with van der Waals surface area (Å²) < 4.78 is 5.34.